The summed E-state index contributed by atoms with van der Waals surface area (Å²) in [6, 6.07) is 17.2. The first-order valence-corrected chi connectivity index (χ1v) is 8.15. The fourth-order valence-electron chi connectivity index (χ4n) is 1.99. The van der Waals surface area contributed by atoms with Crippen molar-refractivity contribution in [3.63, 3.8) is 0 Å². The fourth-order valence-corrected chi connectivity index (χ4v) is 2.37. The number of carbonyl (C=O) groups is 1. The van der Waals surface area contributed by atoms with Gasteiger partial charge in [-0.3, -0.25) is 9.63 Å². The molecule has 23 heavy (non-hydrogen) atoms. The van der Waals surface area contributed by atoms with Crippen LogP contribution in [0.25, 0.3) is 0 Å². The number of carbonyl (C=O) groups excluding carboxylic acids is 1. The van der Waals surface area contributed by atoms with Crippen LogP contribution in [0, 0.1) is 0 Å². The van der Waals surface area contributed by atoms with E-state index in [1.54, 1.807) is 0 Å². The summed E-state index contributed by atoms with van der Waals surface area (Å²) in [5.74, 6) is 0.560. The van der Waals surface area contributed by atoms with E-state index in [2.05, 4.69) is 21.4 Å². The van der Waals surface area contributed by atoms with Crippen LogP contribution in [0.15, 0.2) is 59.1 Å². The van der Waals surface area contributed by atoms with Crippen molar-refractivity contribution < 1.29 is 14.4 Å². The molecule has 0 atom stereocenters. The van der Waals surface area contributed by atoms with Crippen LogP contribution in [0.5, 0.6) is 5.75 Å². The molecule has 122 valence electrons. The van der Waals surface area contributed by atoms with E-state index >= 15 is 0 Å². The summed E-state index contributed by atoms with van der Waals surface area (Å²) in [6.45, 7) is 4.34. The van der Waals surface area contributed by atoms with Gasteiger partial charge in [0, 0.05) is 4.47 Å². The van der Waals surface area contributed by atoms with Crippen molar-refractivity contribution >= 4 is 21.8 Å². The van der Waals surface area contributed by atoms with Gasteiger partial charge in [0.15, 0.2) is 0 Å². The number of nitrogens with one attached hydrogen (secondary N) is 1. The van der Waals surface area contributed by atoms with E-state index < -0.39 is 5.41 Å². The summed E-state index contributed by atoms with van der Waals surface area (Å²) >= 11 is 3.38. The Hall–Kier alpha value is -1.85. The van der Waals surface area contributed by atoms with E-state index in [1.165, 1.54) is 0 Å². The number of hydroxylamine groups is 1. The van der Waals surface area contributed by atoms with Gasteiger partial charge in [0.1, 0.15) is 19.0 Å². The molecule has 0 aliphatic heterocycles. The lowest BCUT2D eigenvalue weighted by molar-refractivity contribution is -0.139. The van der Waals surface area contributed by atoms with Crippen LogP contribution in [0.2, 0.25) is 0 Å². The molecular weight excluding hydrogens is 358 g/mol. The van der Waals surface area contributed by atoms with Crippen LogP contribution < -0.4 is 10.2 Å². The number of ether oxygens (including phenoxy) is 1. The van der Waals surface area contributed by atoms with E-state index in [0.717, 1.165) is 15.8 Å². The standard InChI is InChI=1S/C18H20BrNO3/c1-18(2,14-7-4-3-5-8-14)17(21)20-23-12-11-22-16-10-6-9-15(19)13-16/h3-10,13H,11-12H2,1-2H3,(H,20,21). The van der Waals surface area contributed by atoms with Crippen molar-refractivity contribution in [3.05, 3.63) is 64.6 Å². The van der Waals surface area contributed by atoms with Crippen molar-refractivity contribution in [2.75, 3.05) is 13.2 Å². The van der Waals surface area contributed by atoms with Crippen LogP contribution in [-0.2, 0) is 15.0 Å². The monoisotopic (exact) mass is 377 g/mol. The highest BCUT2D eigenvalue weighted by Crippen LogP contribution is 2.22. The second-order valence-corrected chi connectivity index (χ2v) is 6.49. The van der Waals surface area contributed by atoms with Gasteiger partial charge >= 0.3 is 0 Å². The van der Waals surface area contributed by atoms with Crippen molar-refractivity contribution in [2.45, 2.75) is 19.3 Å². The normalized spacial score (nSPS) is 11.1. The van der Waals surface area contributed by atoms with E-state index in [-0.39, 0.29) is 12.5 Å². The lowest BCUT2D eigenvalue weighted by Crippen LogP contribution is -2.40. The largest absolute Gasteiger partial charge is 0.491 e. The molecule has 4 nitrogen and oxygen atoms in total. The SMILES string of the molecule is CC(C)(C(=O)NOCCOc1cccc(Br)c1)c1ccccc1. The van der Waals surface area contributed by atoms with Crippen molar-refractivity contribution in [3.8, 4) is 5.75 Å². The number of hydrogen-bond acceptors (Lipinski definition) is 3. The summed E-state index contributed by atoms with van der Waals surface area (Å²) in [5.41, 5.74) is 2.77. The molecule has 0 radical (unpaired) electrons. The molecule has 5 heteroatoms. The molecule has 2 aromatic rings. The number of benzene rings is 2. The van der Waals surface area contributed by atoms with E-state index in [0.29, 0.717) is 6.61 Å². The molecule has 0 unspecified atom stereocenters. The van der Waals surface area contributed by atoms with Crippen LogP contribution in [-0.4, -0.2) is 19.1 Å². The third-order valence-corrected chi connectivity index (χ3v) is 3.97. The minimum atomic E-state index is -0.660. The molecule has 1 N–H and O–H groups in total. The lowest BCUT2D eigenvalue weighted by Gasteiger charge is -2.23. The molecule has 2 aromatic carbocycles. The van der Waals surface area contributed by atoms with Gasteiger partial charge in [-0.2, -0.15) is 0 Å². The lowest BCUT2D eigenvalue weighted by atomic mass is 9.84. The zero-order valence-corrected chi connectivity index (χ0v) is 14.8. The Kier molecular flexibility index (Phi) is 6.19. The first kappa shape index (κ1) is 17.5. The highest BCUT2D eigenvalue weighted by molar-refractivity contribution is 9.10. The number of rotatable bonds is 7. The Labute approximate surface area is 144 Å². The summed E-state index contributed by atoms with van der Waals surface area (Å²) < 4.78 is 6.49. The maximum Gasteiger partial charge on any atom is 0.253 e. The topological polar surface area (TPSA) is 47.6 Å². The second-order valence-electron chi connectivity index (χ2n) is 5.58. The maximum atomic E-state index is 12.3. The van der Waals surface area contributed by atoms with Crippen molar-refractivity contribution in [1.29, 1.82) is 0 Å². The Balaban J connectivity index is 1.74. The second kappa shape index (κ2) is 8.13. The third kappa shape index (κ3) is 5.08. The van der Waals surface area contributed by atoms with Gasteiger partial charge in [-0.05, 0) is 37.6 Å². The number of amides is 1. The Morgan fingerprint density at radius 3 is 2.52 bits per heavy atom. The molecule has 0 saturated heterocycles. The summed E-state index contributed by atoms with van der Waals surface area (Å²) in [6.07, 6.45) is 0. The molecule has 0 bridgehead atoms. The molecule has 2 rings (SSSR count). The van der Waals surface area contributed by atoms with E-state index in [4.69, 9.17) is 9.57 Å². The zero-order chi connectivity index (χ0) is 16.7. The van der Waals surface area contributed by atoms with Crippen molar-refractivity contribution in [1.82, 2.24) is 5.48 Å². The van der Waals surface area contributed by atoms with Crippen LogP contribution in [0.3, 0.4) is 0 Å². The molecule has 0 fully saturated rings. The van der Waals surface area contributed by atoms with Gasteiger partial charge in [-0.25, -0.2) is 5.48 Å². The predicted octanol–water partition coefficient (Wildman–Crippen LogP) is 3.85. The molecule has 1 amide bonds. The Morgan fingerprint density at radius 1 is 1.09 bits per heavy atom. The van der Waals surface area contributed by atoms with Gasteiger partial charge in [-0.1, -0.05) is 52.3 Å². The number of hydrogen-bond donors (Lipinski definition) is 1. The molecule has 0 heterocycles. The average molecular weight is 378 g/mol. The molecular formula is C18H20BrNO3. The predicted molar refractivity (Wildman–Crippen MR) is 93.2 cm³/mol. The molecule has 0 aromatic heterocycles. The van der Waals surface area contributed by atoms with Gasteiger partial charge in [0.05, 0.1) is 5.41 Å². The van der Waals surface area contributed by atoms with Gasteiger partial charge < -0.3 is 4.74 Å². The van der Waals surface area contributed by atoms with Crippen LogP contribution in [0.4, 0.5) is 0 Å². The van der Waals surface area contributed by atoms with E-state index in [1.807, 2.05) is 68.4 Å². The maximum absolute atomic E-state index is 12.3. The Bertz CT molecular complexity index is 644. The molecule has 0 saturated carbocycles. The first-order valence-electron chi connectivity index (χ1n) is 7.36. The fraction of sp³-hybridized carbons (Fsp3) is 0.278. The van der Waals surface area contributed by atoms with Gasteiger partial charge in [0.2, 0.25) is 0 Å². The molecule has 0 aliphatic carbocycles. The molecule has 0 aliphatic rings. The minimum absolute atomic E-state index is 0.189. The summed E-state index contributed by atoms with van der Waals surface area (Å²) in [7, 11) is 0. The smallest absolute Gasteiger partial charge is 0.253 e. The minimum Gasteiger partial charge on any atom is -0.491 e. The third-order valence-electron chi connectivity index (χ3n) is 3.48. The highest BCUT2D eigenvalue weighted by Gasteiger charge is 2.29. The summed E-state index contributed by atoms with van der Waals surface area (Å²) in [5, 5.41) is 0. The zero-order valence-electron chi connectivity index (χ0n) is 13.2. The quantitative estimate of drug-likeness (QED) is 0.588. The van der Waals surface area contributed by atoms with Gasteiger partial charge in [-0.15, -0.1) is 0 Å². The average Bonchev–Trinajstić information content (AvgIpc) is 2.55. The molecule has 0 spiro atoms. The highest BCUT2D eigenvalue weighted by atomic mass is 79.9. The van der Waals surface area contributed by atoms with Gasteiger partial charge in [0.25, 0.3) is 5.91 Å². The number of halogens is 1. The van der Waals surface area contributed by atoms with E-state index in [9.17, 15) is 4.79 Å². The van der Waals surface area contributed by atoms with Crippen LogP contribution in [0.1, 0.15) is 19.4 Å². The van der Waals surface area contributed by atoms with Crippen LogP contribution >= 0.6 is 15.9 Å². The summed E-state index contributed by atoms with van der Waals surface area (Å²) in [4.78, 5) is 17.5. The Morgan fingerprint density at radius 2 is 1.83 bits per heavy atom. The first-order chi connectivity index (χ1) is 11.0. The van der Waals surface area contributed by atoms with Crippen molar-refractivity contribution in [2.24, 2.45) is 0 Å².